The largest absolute Gasteiger partial charge is 0.492 e. The van der Waals surface area contributed by atoms with Crippen molar-refractivity contribution < 1.29 is 4.74 Å². The van der Waals surface area contributed by atoms with E-state index in [1.807, 2.05) is 20.2 Å². The van der Waals surface area contributed by atoms with Crippen LogP contribution in [0, 0.1) is 5.92 Å². The van der Waals surface area contributed by atoms with E-state index >= 15 is 0 Å². The minimum atomic E-state index is 0.366. The molecule has 1 rings (SSSR count). The summed E-state index contributed by atoms with van der Waals surface area (Å²) in [5.74, 6) is 1.59. The van der Waals surface area contributed by atoms with Crippen molar-refractivity contribution in [1.29, 1.82) is 0 Å². The zero-order valence-corrected chi connectivity index (χ0v) is 11.4. The van der Waals surface area contributed by atoms with Gasteiger partial charge in [0.1, 0.15) is 5.75 Å². The molecule has 0 spiro atoms. The smallest absolute Gasteiger partial charge is 0.137 e. The van der Waals surface area contributed by atoms with Gasteiger partial charge in [0.15, 0.2) is 0 Å². The molecular formula is C14H24N2O. The van der Waals surface area contributed by atoms with Crippen LogP contribution in [-0.4, -0.2) is 18.6 Å². The normalized spacial score (nSPS) is 12.8. The number of nitrogens with zero attached hydrogens (tertiary/aromatic N) is 1. The van der Waals surface area contributed by atoms with Crippen LogP contribution in [0.3, 0.4) is 0 Å². The summed E-state index contributed by atoms with van der Waals surface area (Å²) in [6, 6.07) is 2.45. The fourth-order valence-corrected chi connectivity index (χ4v) is 1.85. The van der Waals surface area contributed by atoms with Crippen LogP contribution >= 0.6 is 0 Å². The highest BCUT2D eigenvalue weighted by Crippen LogP contribution is 2.23. The van der Waals surface area contributed by atoms with E-state index in [1.54, 1.807) is 6.20 Å². The Bertz CT molecular complexity index is 326. The first kappa shape index (κ1) is 14.0. The first-order valence-corrected chi connectivity index (χ1v) is 6.42. The Morgan fingerprint density at radius 3 is 2.65 bits per heavy atom. The number of ether oxygens (including phenoxy) is 1. The van der Waals surface area contributed by atoms with Crippen molar-refractivity contribution in [2.75, 3.05) is 13.7 Å². The molecule has 1 heterocycles. The fraction of sp³-hybridized carbons (Fsp3) is 0.643. The van der Waals surface area contributed by atoms with E-state index < -0.39 is 0 Å². The maximum absolute atomic E-state index is 5.48. The van der Waals surface area contributed by atoms with E-state index in [0.29, 0.717) is 12.6 Å². The van der Waals surface area contributed by atoms with Crippen LogP contribution in [0.1, 0.15) is 45.2 Å². The molecule has 96 valence electrons. The molecule has 1 atom stereocenters. The third kappa shape index (κ3) is 4.73. The number of aromatic nitrogens is 1. The minimum absolute atomic E-state index is 0.366. The third-order valence-electron chi connectivity index (χ3n) is 2.83. The quantitative estimate of drug-likeness (QED) is 0.789. The molecule has 1 aromatic heterocycles. The van der Waals surface area contributed by atoms with Gasteiger partial charge in [-0.05, 0) is 44.4 Å². The lowest BCUT2D eigenvalue weighted by Gasteiger charge is -2.18. The average molecular weight is 236 g/mol. The van der Waals surface area contributed by atoms with Gasteiger partial charge in [-0.2, -0.15) is 0 Å². The number of pyridine rings is 1. The predicted octanol–water partition coefficient (Wildman–Crippen LogP) is 3.18. The Morgan fingerprint density at radius 1 is 1.29 bits per heavy atom. The average Bonchev–Trinajstić information content (AvgIpc) is 2.30. The van der Waals surface area contributed by atoms with Gasteiger partial charge >= 0.3 is 0 Å². The summed E-state index contributed by atoms with van der Waals surface area (Å²) in [6.07, 6.45) is 6.03. The Morgan fingerprint density at radius 2 is 2.06 bits per heavy atom. The lowest BCUT2D eigenvalue weighted by Crippen LogP contribution is -2.17. The molecule has 1 N–H and O–H groups in total. The maximum Gasteiger partial charge on any atom is 0.137 e. The van der Waals surface area contributed by atoms with Crippen molar-refractivity contribution in [3.63, 3.8) is 0 Å². The Kier molecular flexibility index (Phi) is 5.98. The van der Waals surface area contributed by atoms with E-state index in [2.05, 4.69) is 30.2 Å². The van der Waals surface area contributed by atoms with E-state index in [4.69, 9.17) is 4.74 Å². The highest BCUT2D eigenvalue weighted by Gasteiger charge is 2.11. The highest BCUT2D eigenvalue weighted by atomic mass is 16.5. The Balaban J connectivity index is 2.69. The van der Waals surface area contributed by atoms with Crippen molar-refractivity contribution >= 4 is 0 Å². The summed E-state index contributed by atoms with van der Waals surface area (Å²) >= 11 is 0. The van der Waals surface area contributed by atoms with E-state index in [1.165, 1.54) is 12.0 Å². The summed E-state index contributed by atoms with van der Waals surface area (Å²) in [5, 5.41) is 3.35. The molecule has 0 radical (unpaired) electrons. The lowest BCUT2D eigenvalue weighted by atomic mass is 9.99. The SMILES string of the molecule is CCOc1cncc(C(CCC(C)C)NC)c1. The Labute approximate surface area is 105 Å². The van der Waals surface area contributed by atoms with Gasteiger partial charge in [0.2, 0.25) is 0 Å². The molecule has 0 saturated heterocycles. The summed E-state index contributed by atoms with van der Waals surface area (Å²) in [6.45, 7) is 7.17. The van der Waals surface area contributed by atoms with E-state index in [-0.39, 0.29) is 0 Å². The lowest BCUT2D eigenvalue weighted by molar-refractivity contribution is 0.337. The maximum atomic E-state index is 5.48. The summed E-state index contributed by atoms with van der Waals surface area (Å²) < 4.78 is 5.48. The molecule has 0 aromatic carbocycles. The third-order valence-corrected chi connectivity index (χ3v) is 2.83. The van der Waals surface area contributed by atoms with Gasteiger partial charge in [-0.25, -0.2) is 0 Å². The van der Waals surface area contributed by atoms with Crippen molar-refractivity contribution in [3.05, 3.63) is 24.0 Å². The summed E-state index contributed by atoms with van der Waals surface area (Å²) in [7, 11) is 2.00. The molecule has 1 aromatic rings. The highest BCUT2D eigenvalue weighted by molar-refractivity contribution is 5.26. The Hall–Kier alpha value is -1.09. The number of rotatable bonds is 7. The molecule has 3 heteroatoms. The van der Waals surface area contributed by atoms with Crippen LogP contribution < -0.4 is 10.1 Å². The molecule has 0 amide bonds. The zero-order chi connectivity index (χ0) is 12.7. The van der Waals surface area contributed by atoms with Crippen molar-refractivity contribution in [2.45, 2.75) is 39.7 Å². The van der Waals surface area contributed by atoms with Gasteiger partial charge in [-0.15, -0.1) is 0 Å². The second kappa shape index (κ2) is 7.28. The van der Waals surface area contributed by atoms with E-state index in [9.17, 15) is 0 Å². The molecule has 0 aliphatic heterocycles. The first-order chi connectivity index (χ1) is 8.17. The van der Waals surface area contributed by atoms with Gasteiger partial charge in [0.25, 0.3) is 0 Å². The molecule has 3 nitrogen and oxygen atoms in total. The van der Waals surface area contributed by atoms with Crippen molar-refractivity contribution in [1.82, 2.24) is 10.3 Å². The number of hydrogen-bond acceptors (Lipinski definition) is 3. The second-order valence-corrected chi connectivity index (χ2v) is 4.70. The van der Waals surface area contributed by atoms with Crippen LogP contribution in [0.2, 0.25) is 0 Å². The molecule has 0 aliphatic rings. The standard InChI is InChI=1S/C14H24N2O/c1-5-17-13-8-12(9-16-10-13)14(15-4)7-6-11(2)3/h8-11,14-15H,5-7H2,1-4H3. The van der Waals surface area contributed by atoms with Gasteiger partial charge in [-0.1, -0.05) is 13.8 Å². The molecule has 0 saturated carbocycles. The second-order valence-electron chi connectivity index (χ2n) is 4.70. The topological polar surface area (TPSA) is 34.1 Å². The summed E-state index contributed by atoms with van der Waals surface area (Å²) in [5.41, 5.74) is 1.21. The first-order valence-electron chi connectivity index (χ1n) is 6.42. The summed E-state index contributed by atoms with van der Waals surface area (Å²) in [4.78, 5) is 4.23. The molecule has 17 heavy (non-hydrogen) atoms. The van der Waals surface area contributed by atoms with Crippen molar-refractivity contribution in [2.24, 2.45) is 5.92 Å². The van der Waals surface area contributed by atoms with Crippen LogP contribution in [0.25, 0.3) is 0 Å². The monoisotopic (exact) mass is 236 g/mol. The van der Waals surface area contributed by atoms with Gasteiger partial charge in [0, 0.05) is 12.2 Å². The van der Waals surface area contributed by atoms with Gasteiger partial charge < -0.3 is 10.1 Å². The zero-order valence-electron chi connectivity index (χ0n) is 11.4. The molecule has 0 aliphatic carbocycles. The molecule has 1 unspecified atom stereocenters. The molecule has 0 fully saturated rings. The van der Waals surface area contributed by atoms with Crippen LogP contribution in [-0.2, 0) is 0 Å². The molecule has 0 bridgehead atoms. The fourth-order valence-electron chi connectivity index (χ4n) is 1.85. The number of nitrogens with one attached hydrogen (secondary N) is 1. The van der Waals surface area contributed by atoms with Crippen LogP contribution in [0.4, 0.5) is 0 Å². The van der Waals surface area contributed by atoms with Gasteiger partial charge in [-0.3, -0.25) is 4.98 Å². The van der Waals surface area contributed by atoms with E-state index in [0.717, 1.165) is 18.1 Å². The van der Waals surface area contributed by atoms with Crippen LogP contribution in [0.5, 0.6) is 5.75 Å². The predicted molar refractivity (Wildman–Crippen MR) is 71.3 cm³/mol. The van der Waals surface area contributed by atoms with Gasteiger partial charge in [0.05, 0.1) is 12.8 Å². The molecular weight excluding hydrogens is 212 g/mol. The minimum Gasteiger partial charge on any atom is -0.492 e. The van der Waals surface area contributed by atoms with Crippen molar-refractivity contribution in [3.8, 4) is 5.75 Å². The number of hydrogen-bond donors (Lipinski definition) is 1. The van der Waals surface area contributed by atoms with Crippen LogP contribution in [0.15, 0.2) is 18.5 Å².